The first kappa shape index (κ1) is 7.55. The van der Waals surface area contributed by atoms with E-state index in [0.29, 0.717) is 0 Å². The lowest BCUT2D eigenvalue weighted by atomic mass is 10.4. The minimum absolute atomic E-state index is 0.858. The SMILES string of the molecule is Cc1ccc(-c2csc(C)n2)o1. The third-order valence-corrected chi connectivity index (χ3v) is 2.39. The van der Waals surface area contributed by atoms with Gasteiger partial charge in [0.05, 0.1) is 5.01 Å². The monoisotopic (exact) mass is 179 g/mol. The lowest BCUT2D eigenvalue weighted by Crippen LogP contribution is -1.72. The van der Waals surface area contributed by atoms with Gasteiger partial charge in [0, 0.05) is 5.38 Å². The largest absolute Gasteiger partial charge is 0.460 e. The van der Waals surface area contributed by atoms with Gasteiger partial charge in [-0.25, -0.2) is 4.98 Å². The van der Waals surface area contributed by atoms with E-state index >= 15 is 0 Å². The third kappa shape index (κ3) is 1.28. The van der Waals surface area contributed by atoms with E-state index in [1.807, 2.05) is 31.4 Å². The molecule has 0 fully saturated rings. The molecule has 2 aromatic heterocycles. The number of furan rings is 1. The first-order valence-electron chi connectivity index (χ1n) is 3.74. The predicted octanol–water partition coefficient (Wildman–Crippen LogP) is 3.02. The maximum atomic E-state index is 5.43. The van der Waals surface area contributed by atoms with E-state index in [0.717, 1.165) is 22.2 Å². The van der Waals surface area contributed by atoms with Gasteiger partial charge in [-0.1, -0.05) is 0 Å². The van der Waals surface area contributed by atoms with Crippen molar-refractivity contribution in [3.63, 3.8) is 0 Å². The quantitative estimate of drug-likeness (QED) is 0.672. The summed E-state index contributed by atoms with van der Waals surface area (Å²) in [6.45, 7) is 3.92. The lowest BCUT2D eigenvalue weighted by Gasteiger charge is -1.87. The van der Waals surface area contributed by atoms with Gasteiger partial charge in [0.1, 0.15) is 11.5 Å². The summed E-state index contributed by atoms with van der Waals surface area (Å²) in [6.07, 6.45) is 0. The van der Waals surface area contributed by atoms with Gasteiger partial charge in [-0.05, 0) is 26.0 Å². The molecule has 0 atom stereocenters. The van der Waals surface area contributed by atoms with Crippen LogP contribution in [0.25, 0.3) is 11.5 Å². The Morgan fingerprint density at radius 3 is 2.67 bits per heavy atom. The van der Waals surface area contributed by atoms with E-state index in [2.05, 4.69) is 4.98 Å². The van der Waals surface area contributed by atoms with E-state index in [-0.39, 0.29) is 0 Å². The van der Waals surface area contributed by atoms with Crippen LogP contribution in [-0.4, -0.2) is 4.98 Å². The maximum Gasteiger partial charge on any atom is 0.153 e. The Morgan fingerprint density at radius 2 is 2.17 bits per heavy atom. The first-order chi connectivity index (χ1) is 5.75. The number of nitrogens with zero attached hydrogens (tertiary/aromatic N) is 1. The van der Waals surface area contributed by atoms with Gasteiger partial charge in [-0.3, -0.25) is 0 Å². The molecular weight excluding hydrogens is 170 g/mol. The Balaban J connectivity index is 2.43. The molecule has 0 aliphatic rings. The van der Waals surface area contributed by atoms with Crippen LogP contribution in [0.3, 0.4) is 0 Å². The van der Waals surface area contributed by atoms with Gasteiger partial charge in [-0.2, -0.15) is 0 Å². The number of aryl methyl sites for hydroxylation is 2. The molecule has 2 nitrogen and oxygen atoms in total. The van der Waals surface area contributed by atoms with Crippen molar-refractivity contribution in [3.8, 4) is 11.5 Å². The minimum atomic E-state index is 0.858. The topological polar surface area (TPSA) is 26.0 Å². The van der Waals surface area contributed by atoms with Crippen molar-refractivity contribution < 1.29 is 4.42 Å². The van der Waals surface area contributed by atoms with Crippen LogP contribution >= 0.6 is 11.3 Å². The fraction of sp³-hybridized carbons (Fsp3) is 0.222. The molecule has 0 saturated carbocycles. The summed E-state index contributed by atoms with van der Waals surface area (Å²) >= 11 is 1.64. The first-order valence-corrected chi connectivity index (χ1v) is 4.62. The molecule has 2 aromatic rings. The molecule has 0 spiro atoms. The Kier molecular flexibility index (Phi) is 1.73. The second kappa shape index (κ2) is 2.75. The standard InChI is InChI=1S/C9H9NOS/c1-6-3-4-9(11-6)8-5-12-7(2)10-8/h3-5H,1-2H3. The van der Waals surface area contributed by atoms with Gasteiger partial charge in [-0.15, -0.1) is 11.3 Å². The van der Waals surface area contributed by atoms with E-state index < -0.39 is 0 Å². The summed E-state index contributed by atoms with van der Waals surface area (Å²) < 4.78 is 5.43. The lowest BCUT2D eigenvalue weighted by molar-refractivity contribution is 0.546. The molecule has 0 aliphatic carbocycles. The fourth-order valence-corrected chi connectivity index (χ4v) is 1.65. The Bertz CT molecular complexity index is 350. The summed E-state index contributed by atoms with van der Waals surface area (Å²) in [5.74, 6) is 1.78. The molecule has 0 radical (unpaired) electrons. The van der Waals surface area contributed by atoms with E-state index in [1.54, 1.807) is 11.3 Å². The summed E-state index contributed by atoms with van der Waals surface area (Å²) in [5.41, 5.74) is 0.936. The van der Waals surface area contributed by atoms with Crippen LogP contribution in [0.5, 0.6) is 0 Å². The summed E-state index contributed by atoms with van der Waals surface area (Å²) in [7, 11) is 0. The molecule has 0 saturated heterocycles. The van der Waals surface area contributed by atoms with Gasteiger partial charge in [0.15, 0.2) is 5.76 Å². The molecule has 0 amide bonds. The second-order valence-electron chi connectivity index (χ2n) is 2.66. The van der Waals surface area contributed by atoms with Gasteiger partial charge < -0.3 is 4.42 Å². The van der Waals surface area contributed by atoms with Crippen LogP contribution in [0.4, 0.5) is 0 Å². The Labute approximate surface area is 74.9 Å². The molecule has 12 heavy (non-hydrogen) atoms. The van der Waals surface area contributed by atoms with Gasteiger partial charge in [0.2, 0.25) is 0 Å². The third-order valence-electron chi connectivity index (χ3n) is 1.61. The van der Waals surface area contributed by atoms with Crippen molar-refractivity contribution in [2.45, 2.75) is 13.8 Å². The average Bonchev–Trinajstić information content (AvgIpc) is 2.58. The Hall–Kier alpha value is -1.09. The van der Waals surface area contributed by atoms with Crippen LogP contribution in [0, 0.1) is 13.8 Å². The highest BCUT2D eigenvalue weighted by Crippen LogP contribution is 2.22. The molecule has 0 unspecified atom stereocenters. The van der Waals surface area contributed by atoms with E-state index in [1.165, 1.54) is 0 Å². The zero-order chi connectivity index (χ0) is 8.55. The number of hydrogen-bond donors (Lipinski definition) is 0. The predicted molar refractivity (Wildman–Crippen MR) is 49.3 cm³/mol. The van der Waals surface area contributed by atoms with Crippen LogP contribution in [0.2, 0.25) is 0 Å². The van der Waals surface area contributed by atoms with E-state index in [4.69, 9.17) is 4.42 Å². The van der Waals surface area contributed by atoms with Crippen molar-refractivity contribution in [2.24, 2.45) is 0 Å². The summed E-state index contributed by atoms with van der Waals surface area (Å²) in [4.78, 5) is 4.32. The van der Waals surface area contributed by atoms with Crippen LogP contribution in [0.15, 0.2) is 21.9 Å². The van der Waals surface area contributed by atoms with Crippen LogP contribution in [0.1, 0.15) is 10.8 Å². The summed E-state index contributed by atoms with van der Waals surface area (Å²) in [5, 5.41) is 3.08. The molecule has 0 aromatic carbocycles. The maximum absolute atomic E-state index is 5.43. The molecule has 0 bridgehead atoms. The van der Waals surface area contributed by atoms with Crippen LogP contribution < -0.4 is 0 Å². The zero-order valence-electron chi connectivity index (χ0n) is 7.00. The summed E-state index contributed by atoms with van der Waals surface area (Å²) in [6, 6.07) is 3.90. The molecule has 0 aliphatic heterocycles. The van der Waals surface area contributed by atoms with Crippen molar-refractivity contribution in [1.82, 2.24) is 4.98 Å². The zero-order valence-corrected chi connectivity index (χ0v) is 7.81. The molecule has 3 heteroatoms. The van der Waals surface area contributed by atoms with Crippen molar-refractivity contribution >= 4 is 11.3 Å². The number of rotatable bonds is 1. The fourth-order valence-electron chi connectivity index (χ4n) is 1.05. The normalized spacial score (nSPS) is 10.5. The highest BCUT2D eigenvalue weighted by atomic mass is 32.1. The number of thiazole rings is 1. The van der Waals surface area contributed by atoms with Crippen molar-refractivity contribution in [3.05, 3.63) is 28.3 Å². The molecule has 2 rings (SSSR count). The van der Waals surface area contributed by atoms with Crippen molar-refractivity contribution in [1.29, 1.82) is 0 Å². The molecule has 62 valence electrons. The smallest absolute Gasteiger partial charge is 0.153 e. The minimum Gasteiger partial charge on any atom is -0.460 e. The highest BCUT2D eigenvalue weighted by Gasteiger charge is 2.04. The van der Waals surface area contributed by atoms with E-state index in [9.17, 15) is 0 Å². The number of aromatic nitrogens is 1. The van der Waals surface area contributed by atoms with Crippen LogP contribution in [-0.2, 0) is 0 Å². The van der Waals surface area contributed by atoms with Gasteiger partial charge >= 0.3 is 0 Å². The molecule has 2 heterocycles. The molecular formula is C9H9NOS. The van der Waals surface area contributed by atoms with Crippen molar-refractivity contribution in [2.75, 3.05) is 0 Å². The Morgan fingerprint density at radius 1 is 1.33 bits per heavy atom. The molecule has 0 N–H and O–H groups in total. The highest BCUT2D eigenvalue weighted by molar-refractivity contribution is 7.09. The number of hydrogen-bond acceptors (Lipinski definition) is 3. The van der Waals surface area contributed by atoms with Gasteiger partial charge in [0.25, 0.3) is 0 Å². The average molecular weight is 179 g/mol. The second-order valence-corrected chi connectivity index (χ2v) is 3.72.